The van der Waals surface area contributed by atoms with Gasteiger partial charge in [-0.3, -0.25) is 0 Å². The van der Waals surface area contributed by atoms with E-state index in [0.29, 0.717) is 6.54 Å². The van der Waals surface area contributed by atoms with Crippen LogP contribution in [0.1, 0.15) is 11.6 Å². The molecule has 1 atom stereocenters. The average Bonchev–Trinajstić information content (AvgIpc) is 2.65. The molecule has 0 spiro atoms. The van der Waals surface area contributed by atoms with E-state index in [1.807, 2.05) is 18.2 Å². The van der Waals surface area contributed by atoms with Crippen LogP contribution in [0.4, 0.5) is 4.79 Å². The van der Waals surface area contributed by atoms with Crippen molar-refractivity contribution in [2.75, 3.05) is 13.7 Å². The number of halogens is 1. The number of methoxy groups -OCH3 is 1. The Bertz CT molecular complexity index is 395. The summed E-state index contributed by atoms with van der Waals surface area (Å²) in [7, 11) is 1.62. The molecule has 0 radical (unpaired) electrons. The summed E-state index contributed by atoms with van der Waals surface area (Å²) in [4.78, 5) is 11.0. The van der Waals surface area contributed by atoms with Gasteiger partial charge in [-0.15, -0.1) is 0 Å². The van der Waals surface area contributed by atoms with Gasteiger partial charge in [0, 0.05) is 11.0 Å². The van der Waals surface area contributed by atoms with Crippen molar-refractivity contribution in [1.29, 1.82) is 0 Å². The van der Waals surface area contributed by atoms with Crippen molar-refractivity contribution in [1.82, 2.24) is 10.6 Å². The number of carbonyl (C=O) groups is 1. The molecule has 1 aliphatic rings. The van der Waals surface area contributed by atoms with Crippen LogP contribution in [0.5, 0.6) is 5.75 Å². The molecule has 2 N–H and O–H groups in total. The molecule has 80 valence electrons. The van der Waals surface area contributed by atoms with Gasteiger partial charge in [-0.05, 0) is 23.8 Å². The zero-order valence-corrected chi connectivity index (χ0v) is 9.80. The van der Waals surface area contributed by atoms with E-state index in [-0.39, 0.29) is 12.1 Å². The van der Waals surface area contributed by atoms with Crippen molar-refractivity contribution in [2.45, 2.75) is 6.04 Å². The summed E-state index contributed by atoms with van der Waals surface area (Å²) in [5.41, 5.74) is 1.02. The summed E-state index contributed by atoms with van der Waals surface area (Å²) < 4.78 is 6.11. The first-order valence-electron chi connectivity index (χ1n) is 4.58. The van der Waals surface area contributed by atoms with Gasteiger partial charge in [0.05, 0.1) is 13.2 Å². The normalized spacial score (nSPS) is 19.6. The first kappa shape index (κ1) is 10.3. The van der Waals surface area contributed by atoms with Gasteiger partial charge in [0.25, 0.3) is 0 Å². The Kier molecular flexibility index (Phi) is 2.81. The minimum atomic E-state index is -0.130. The molecule has 0 aliphatic carbocycles. The van der Waals surface area contributed by atoms with E-state index in [1.54, 1.807) is 7.11 Å². The van der Waals surface area contributed by atoms with Crippen LogP contribution in [0.25, 0.3) is 0 Å². The van der Waals surface area contributed by atoms with Gasteiger partial charge in [-0.2, -0.15) is 0 Å². The van der Waals surface area contributed by atoms with E-state index < -0.39 is 0 Å². The number of benzene rings is 1. The number of amides is 2. The summed E-state index contributed by atoms with van der Waals surface area (Å²) >= 11 is 3.45. The lowest BCUT2D eigenvalue weighted by atomic mass is 10.1. The number of nitrogens with one attached hydrogen (secondary N) is 2. The first-order chi connectivity index (χ1) is 7.20. The number of ether oxygens (including phenoxy) is 1. The Hall–Kier alpha value is -1.23. The molecule has 0 saturated carbocycles. The van der Waals surface area contributed by atoms with E-state index in [0.717, 1.165) is 15.8 Å². The third-order valence-electron chi connectivity index (χ3n) is 2.35. The molecule has 15 heavy (non-hydrogen) atoms. The van der Waals surface area contributed by atoms with E-state index in [2.05, 4.69) is 26.6 Å². The quantitative estimate of drug-likeness (QED) is 0.861. The number of hydrogen-bond acceptors (Lipinski definition) is 2. The summed E-state index contributed by atoms with van der Waals surface area (Å²) in [5.74, 6) is 0.786. The predicted molar refractivity (Wildman–Crippen MR) is 60.0 cm³/mol. The zero-order chi connectivity index (χ0) is 10.8. The van der Waals surface area contributed by atoms with Gasteiger partial charge < -0.3 is 15.4 Å². The first-order valence-corrected chi connectivity index (χ1v) is 5.38. The second-order valence-corrected chi connectivity index (χ2v) is 4.15. The average molecular weight is 271 g/mol. The molecule has 1 aromatic rings. The molecule has 2 amide bonds. The van der Waals surface area contributed by atoms with Crippen molar-refractivity contribution in [3.05, 3.63) is 28.2 Å². The SMILES string of the molecule is COc1ccc(Br)c([C@H]2CNC(=O)N2)c1. The van der Waals surface area contributed by atoms with Crippen LogP contribution in [0.15, 0.2) is 22.7 Å². The van der Waals surface area contributed by atoms with Gasteiger partial charge in [0.1, 0.15) is 5.75 Å². The molecule has 1 fully saturated rings. The van der Waals surface area contributed by atoms with E-state index >= 15 is 0 Å². The summed E-state index contributed by atoms with van der Waals surface area (Å²) in [5, 5.41) is 5.55. The summed E-state index contributed by atoms with van der Waals surface area (Å²) in [6, 6.07) is 5.58. The second kappa shape index (κ2) is 4.10. The van der Waals surface area contributed by atoms with Crippen LogP contribution in [-0.4, -0.2) is 19.7 Å². The fourth-order valence-corrected chi connectivity index (χ4v) is 2.08. The maximum Gasteiger partial charge on any atom is 0.315 e. The third-order valence-corrected chi connectivity index (χ3v) is 3.07. The maximum absolute atomic E-state index is 11.0. The van der Waals surface area contributed by atoms with Crippen molar-refractivity contribution in [3.8, 4) is 5.75 Å². The van der Waals surface area contributed by atoms with Crippen LogP contribution in [-0.2, 0) is 0 Å². The zero-order valence-electron chi connectivity index (χ0n) is 8.21. The fraction of sp³-hybridized carbons (Fsp3) is 0.300. The number of carbonyl (C=O) groups excluding carboxylic acids is 1. The van der Waals surface area contributed by atoms with E-state index in [1.165, 1.54) is 0 Å². The molecular formula is C10H11BrN2O2. The lowest BCUT2D eigenvalue weighted by molar-refractivity contribution is 0.247. The maximum atomic E-state index is 11.0. The number of hydrogen-bond donors (Lipinski definition) is 2. The van der Waals surface area contributed by atoms with Crippen LogP contribution < -0.4 is 15.4 Å². The van der Waals surface area contributed by atoms with Crippen molar-refractivity contribution >= 4 is 22.0 Å². The minimum Gasteiger partial charge on any atom is -0.497 e. The van der Waals surface area contributed by atoms with E-state index in [9.17, 15) is 4.79 Å². The van der Waals surface area contributed by atoms with Gasteiger partial charge in [-0.1, -0.05) is 15.9 Å². The molecule has 0 aromatic heterocycles. The van der Waals surface area contributed by atoms with Gasteiger partial charge >= 0.3 is 6.03 Å². The van der Waals surface area contributed by atoms with Gasteiger partial charge in [0.2, 0.25) is 0 Å². The van der Waals surface area contributed by atoms with E-state index in [4.69, 9.17) is 4.74 Å². The third kappa shape index (κ3) is 2.07. The van der Waals surface area contributed by atoms with Crippen molar-refractivity contribution in [3.63, 3.8) is 0 Å². The molecule has 0 bridgehead atoms. The molecule has 2 rings (SSSR count). The van der Waals surface area contributed by atoms with Gasteiger partial charge in [0.15, 0.2) is 0 Å². The molecule has 4 nitrogen and oxygen atoms in total. The Morgan fingerprint density at radius 2 is 2.33 bits per heavy atom. The summed E-state index contributed by atoms with van der Waals surface area (Å²) in [6.07, 6.45) is 0. The molecule has 5 heteroatoms. The Labute approximate surface area is 96.1 Å². The lowest BCUT2D eigenvalue weighted by Gasteiger charge is -2.12. The highest BCUT2D eigenvalue weighted by Crippen LogP contribution is 2.28. The number of urea groups is 1. The molecule has 1 aliphatic heterocycles. The highest BCUT2D eigenvalue weighted by Gasteiger charge is 2.23. The minimum absolute atomic E-state index is 0.00183. The molecule has 1 aromatic carbocycles. The largest absolute Gasteiger partial charge is 0.497 e. The van der Waals surface area contributed by atoms with Crippen LogP contribution in [0, 0.1) is 0 Å². The second-order valence-electron chi connectivity index (χ2n) is 3.29. The van der Waals surface area contributed by atoms with Crippen molar-refractivity contribution in [2.24, 2.45) is 0 Å². The monoisotopic (exact) mass is 270 g/mol. The standard InChI is InChI=1S/C10H11BrN2O2/c1-15-6-2-3-8(11)7(4-6)9-5-12-10(14)13-9/h2-4,9H,5H2,1H3,(H2,12,13,14)/t9-/m1/s1. The molecule has 1 heterocycles. The molecular weight excluding hydrogens is 260 g/mol. The van der Waals surface area contributed by atoms with Gasteiger partial charge in [-0.25, -0.2) is 4.79 Å². The Morgan fingerprint density at radius 1 is 1.53 bits per heavy atom. The lowest BCUT2D eigenvalue weighted by Crippen LogP contribution is -2.21. The Balaban J connectivity index is 2.30. The predicted octanol–water partition coefficient (Wildman–Crippen LogP) is 1.81. The highest BCUT2D eigenvalue weighted by molar-refractivity contribution is 9.10. The topological polar surface area (TPSA) is 50.4 Å². The van der Waals surface area contributed by atoms with Crippen LogP contribution in [0.2, 0.25) is 0 Å². The van der Waals surface area contributed by atoms with Crippen LogP contribution in [0.3, 0.4) is 0 Å². The summed E-state index contributed by atoms with van der Waals surface area (Å²) in [6.45, 7) is 0.602. The Morgan fingerprint density at radius 3 is 2.93 bits per heavy atom. The van der Waals surface area contributed by atoms with Crippen LogP contribution >= 0.6 is 15.9 Å². The fourth-order valence-electron chi connectivity index (χ4n) is 1.56. The number of rotatable bonds is 2. The molecule has 1 saturated heterocycles. The molecule has 0 unspecified atom stereocenters. The highest BCUT2D eigenvalue weighted by atomic mass is 79.9. The smallest absolute Gasteiger partial charge is 0.315 e. The van der Waals surface area contributed by atoms with Crippen molar-refractivity contribution < 1.29 is 9.53 Å².